The molecule has 0 unspecified atom stereocenters. The Hall–Kier alpha value is -1.95. The Morgan fingerprint density at radius 3 is 2.47 bits per heavy atom. The van der Waals surface area contributed by atoms with Gasteiger partial charge in [0.05, 0.1) is 24.1 Å². The maximum atomic E-state index is 10.6. The molecule has 0 bridgehead atoms. The zero-order valence-electron chi connectivity index (χ0n) is 8.69. The largest absolute Gasteiger partial charge is 0.546 e. The minimum Gasteiger partial charge on any atom is -0.546 e. The highest BCUT2D eigenvalue weighted by Gasteiger charge is 2.12. The van der Waals surface area contributed by atoms with Crippen LogP contribution in [0, 0.1) is 0 Å². The molecular formula is C10H7ClO6-2. The number of hydrogen-bond donors (Lipinski definition) is 0. The van der Waals surface area contributed by atoms with Gasteiger partial charge in [0, 0.05) is 5.56 Å². The Balaban J connectivity index is 3.12. The fraction of sp³-hybridized carbons (Fsp3) is 0.200. The molecule has 0 saturated carbocycles. The van der Waals surface area contributed by atoms with E-state index >= 15 is 0 Å². The third-order valence-corrected chi connectivity index (χ3v) is 2.08. The average molecular weight is 259 g/mol. The van der Waals surface area contributed by atoms with Gasteiger partial charge in [-0.2, -0.15) is 0 Å². The van der Waals surface area contributed by atoms with Crippen molar-refractivity contribution in [2.75, 3.05) is 13.7 Å². The number of aliphatic carboxylic acids is 1. The van der Waals surface area contributed by atoms with Crippen molar-refractivity contribution in [3.63, 3.8) is 0 Å². The van der Waals surface area contributed by atoms with Crippen molar-refractivity contribution in [2.24, 2.45) is 0 Å². The summed E-state index contributed by atoms with van der Waals surface area (Å²) in [5, 5.41) is 20.8. The molecule has 0 radical (unpaired) electrons. The predicted octanol–water partition coefficient (Wildman–Crippen LogP) is -1.16. The molecule has 92 valence electrons. The average Bonchev–Trinajstić information content (AvgIpc) is 2.25. The summed E-state index contributed by atoms with van der Waals surface area (Å²) in [6.45, 7) is -0.721. The minimum absolute atomic E-state index is 0.00190. The molecule has 1 rings (SSSR count). The minimum atomic E-state index is -1.44. The van der Waals surface area contributed by atoms with E-state index in [-0.39, 0.29) is 22.1 Å². The van der Waals surface area contributed by atoms with Gasteiger partial charge in [-0.15, -0.1) is 0 Å². The van der Waals surface area contributed by atoms with Crippen molar-refractivity contribution >= 4 is 23.5 Å². The summed E-state index contributed by atoms with van der Waals surface area (Å²) in [7, 11) is 1.26. The Bertz CT molecular complexity index is 456. The first-order valence-electron chi connectivity index (χ1n) is 4.37. The highest BCUT2D eigenvalue weighted by atomic mass is 35.5. The summed E-state index contributed by atoms with van der Waals surface area (Å²) in [5.41, 5.74) is -0.201. The normalized spacial score (nSPS) is 9.76. The van der Waals surface area contributed by atoms with Crippen LogP contribution in [-0.2, 0) is 4.79 Å². The van der Waals surface area contributed by atoms with Crippen LogP contribution in [0.1, 0.15) is 10.4 Å². The molecule has 0 N–H and O–H groups in total. The van der Waals surface area contributed by atoms with E-state index in [1.165, 1.54) is 7.11 Å². The SMILES string of the molecule is COc1cc(C(=O)[O-])cc(Cl)c1OCC(=O)[O-]. The van der Waals surface area contributed by atoms with Crippen molar-refractivity contribution in [2.45, 2.75) is 0 Å². The Morgan fingerprint density at radius 2 is 2.00 bits per heavy atom. The zero-order chi connectivity index (χ0) is 13.0. The number of halogens is 1. The molecule has 0 spiro atoms. The number of carbonyl (C=O) groups excluding carboxylic acids is 2. The van der Waals surface area contributed by atoms with Crippen LogP contribution in [0.5, 0.6) is 11.5 Å². The second kappa shape index (κ2) is 5.40. The summed E-state index contributed by atoms with van der Waals surface area (Å²) in [4.78, 5) is 20.9. The first-order chi connectivity index (χ1) is 7.95. The second-order valence-electron chi connectivity index (χ2n) is 2.94. The number of hydrogen-bond acceptors (Lipinski definition) is 6. The van der Waals surface area contributed by atoms with Gasteiger partial charge in [-0.05, 0) is 12.1 Å². The maximum absolute atomic E-state index is 10.6. The Morgan fingerprint density at radius 1 is 1.35 bits per heavy atom. The quantitative estimate of drug-likeness (QED) is 0.661. The number of ether oxygens (including phenoxy) is 2. The molecule has 0 atom stereocenters. The van der Waals surface area contributed by atoms with E-state index in [0.717, 1.165) is 12.1 Å². The summed E-state index contributed by atoms with van der Waals surface area (Å²) in [5.74, 6) is -2.94. The van der Waals surface area contributed by atoms with Crippen LogP contribution in [0.25, 0.3) is 0 Å². The van der Waals surface area contributed by atoms with Crippen LogP contribution >= 0.6 is 11.6 Å². The van der Waals surface area contributed by atoms with E-state index in [1.54, 1.807) is 0 Å². The van der Waals surface area contributed by atoms with E-state index in [0.29, 0.717) is 0 Å². The van der Waals surface area contributed by atoms with E-state index in [9.17, 15) is 19.8 Å². The Labute approximate surface area is 101 Å². The number of carboxylic acid groups (broad SMARTS) is 2. The molecule has 0 aliphatic heterocycles. The van der Waals surface area contributed by atoms with Gasteiger partial charge < -0.3 is 29.3 Å². The molecule has 0 aliphatic rings. The monoisotopic (exact) mass is 258 g/mol. The third-order valence-electron chi connectivity index (χ3n) is 1.80. The van der Waals surface area contributed by atoms with Crippen LogP contribution < -0.4 is 19.7 Å². The van der Waals surface area contributed by atoms with E-state index < -0.39 is 18.5 Å². The van der Waals surface area contributed by atoms with Crippen molar-refractivity contribution in [1.29, 1.82) is 0 Å². The lowest BCUT2D eigenvalue weighted by Gasteiger charge is -2.14. The van der Waals surface area contributed by atoms with Crippen LogP contribution in [-0.4, -0.2) is 25.7 Å². The molecule has 1 aromatic carbocycles. The van der Waals surface area contributed by atoms with Crippen LogP contribution in [0.15, 0.2) is 12.1 Å². The highest BCUT2D eigenvalue weighted by molar-refractivity contribution is 6.32. The molecule has 1 aromatic rings. The van der Waals surface area contributed by atoms with E-state index in [4.69, 9.17) is 21.1 Å². The molecule has 0 fully saturated rings. The third kappa shape index (κ3) is 3.25. The lowest BCUT2D eigenvalue weighted by Crippen LogP contribution is -2.29. The first kappa shape index (κ1) is 13.1. The molecule has 0 saturated heterocycles. The maximum Gasteiger partial charge on any atom is 0.180 e. The topological polar surface area (TPSA) is 98.7 Å². The van der Waals surface area contributed by atoms with Gasteiger partial charge in [0.1, 0.15) is 6.61 Å². The second-order valence-corrected chi connectivity index (χ2v) is 3.34. The van der Waals surface area contributed by atoms with Gasteiger partial charge in [0.25, 0.3) is 0 Å². The number of carbonyl (C=O) groups is 2. The molecular weight excluding hydrogens is 252 g/mol. The van der Waals surface area contributed by atoms with Crippen LogP contribution in [0.4, 0.5) is 0 Å². The number of methoxy groups -OCH3 is 1. The molecule has 0 aromatic heterocycles. The summed E-state index contributed by atoms with van der Waals surface area (Å²) < 4.78 is 9.66. The summed E-state index contributed by atoms with van der Waals surface area (Å²) in [6, 6.07) is 2.19. The lowest BCUT2D eigenvalue weighted by molar-refractivity contribution is -0.307. The van der Waals surface area contributed by atoms with Gasteiger partial charge in [0.15, 0.2) is 11.5 Å². The number of benzene rings is 1. The fourth-order valence-electron chi connectivity index (χ4n) is 1.11. The highest BCUT2D eigenvalue weighted by Crippen LogP contribution is 2.36. The number of aromatic carboxylic acids is 1. The zero-order valence-corrected chi connectivity index (χ0v) is 9.45. The lowest BCUT2D eigenvalue weighted by atomic mass is 10.2. The van der Waals surface area contributed by atoms with E-state index in [1.807, 2.05) is 0 Å². The molecule has 0 aliphatic carbocycles. The molecule has 0 heterocycles. The predicted molar refractivity (Wildman–Crippen MR) is 52.8 cm³/mol. The van der Waals surface area contributed by atoms with Gasteiger partial charge in [0.2, 0.25) is 0 Å². The standard InChI is InChI=1S/C10H9ClO6/c1-16-7-3-5(10(14)15)2-6(11)9(7)17-4-8(12)13/h2-3H,4H2,1H3,(H,12,13)(H,14,15)/p-2. The first-order valence-corrected chi connectivity index (χ1v) is 4.75. The van der Waals surface area contributed by atoms with E-state index in [2.05, 4.69) is 0 Å². The summed E-state index contributed by atoms with van der Waals surface area (Å²) in [6.07, 6.45) is 0. The van der Waals surface area contributed by atoms with Crippen molar-refractivity contribution in [3.8, 4) is 11.5 Å². The number of carboxylic acids is 2. The van der Waals surface area contributed by atoms with Gasteiger partial charge in [-0.3, -0.25) is 0 Å². The molecule has 0 amide bonds. The number of rotatable bonds is 5. The fourth-order valence-corrected chi connectivity index (χ4v) is 1.37. The molecule has 7 heteroatoms. The van der Waals surface area contributed by atoms with Gasteiger partial charge in [-0.25, -0.2) is 0 Å². The van der Waals surface area contributed by atoms with Crippen molar-refractivity contribution in [3.05, 3.63) is 22.7 Å². The van der Waals surface area contributed by atoms with Crippen LogP contribution in [0.3, 0.4) is 0 Å². The smallest absolute Gasteiger partial charge is 0.180 e. The Kier molecular flexibility index (Phi) is 4.17. The van der Waals surface area contributed by atoms with Crippen molar-refractivity contribution < 1.29 is 29.3 Å². The summed E-state index contributed by atoms with van der Waals surface area (Å²) >= 11 is 5.73. The van der Waals surface area contributed by atoms with Gasteiger partial charge >= 0.3 is 0 Å². The van der Waals surface area contributed by atoms with Gasteiger partial charge in [-0.1, -0.05) is 11.6 Å². The van der Waals surface area contributed by atoms with Crippen LogP contribution in [0.2, 0.25) is 5.02 Å². The molecule has 17 heavy (non-hydrogen) atoms. The van der Waals surface area contributed by atoms with Crippen molar-refractivity contribution in [1.82, 2.24) is 0 Å². The molecule has 6 nitrogen and oxygen atoms in total.